The second-order valence-electron chi connectivity index (χ2n) is 9.60. The first kappa shape index (κ1) is 22.2. The number of amides is 1. The Bertz CT molecular complexity index is 1340. The summed E-state index contributed by atoms with van der Waals surface area (Å²) in [6, 6.07) is 9.98. The summed E-state index contributed by atoms with van der Waals surface area (Å²) in [5, 5.41) is 9.58. The summed E-state index contributed by atoms with van der Waals surface area (Å²) >= 11 is 0. The molecule has 1 amide bonds. The summed E-state index contributed by atoms with van der Waals surface area (Å²) < 4.78 is 7.55. The third-order valence-electron chi connectivity index (χ3n) is 7.42. The number of carbonyl (C=O) groups excluding carboxylic acids is 1. The van der Waals surface area contributed by atoms with Crippen molar-refractivity contribution in [1.82, 2.24) is 24.6 Å². The molecule has 3 aromatic rings. The predicted octanol–water partition coefficient (Wildman–Crippen LogP) is 1.49. The fourth-order valence-electron chi connectivity index (χ4n) is 5.42. The van der Waals surface area contributed by atoms with Crippen LogP contribution in [0, 0.1) is 0 Å². The molecule has 0 saturated carbocycles. The van der Waals surface area contributed by atoms with Gasteiger partial charge in [0, 0.05) is 51.6 Å². The minimum atomic E-state index is -0.244. The van der Waals surface area contributed by atoms with Gasteiger partial charge in [-0.1, -0.05) is 18.2 Å². The Balaban J connectivity index is 1.55. The minimum absolute atomic E-state index is 0.205. The Hall–Kier alpha value is -3.30. The molecule has 5 heterocycles. The van der Waals surface area contributed by atoms with Crippen LogP contribution >= 0.6 is 0 Å². The predicted molar refractivity (Wildman–Crippen MR) is 134 cm³/mol. The van der Waals surface area contributed by atoms with E-state index in [1.807, 2.05) is 28.8 Å². The molecule has 9 heteroatoms. The number of anilines is 1. The third kappa shape index (κ3) is 3.88. The molecule has 182 valence electrons. The van der Waals surface area contributed by atoms with E-state index in [9.17, 15) is 9.59 Å². The van der Waals surface area contributed by atoms with Crippen LogP contribution in [-0.2, 0) is 17.6 Å². The number of nitrogens with zero attached hydrogens (tertiary/aromatic N) is 6. The average molecular weight is 475 g/mol. The lowest BCUT2D eigenvalue weighted by atomic mass is 9.95. The fraction of sp³-hybridized carbons (Fsp3) is 0.462. The molecule has 6 rings (SSSR count). The van der Waals surface area contributed by atoms with Crippen molar-refractivity contribution in [3.8, 4) is 5.69 Å². The summed E-state index contributed by atoms with van der Waals surface area (Å²) in [6.45, 7) is 5.71. The molecule has 35 heavy (non-hydrogen) atoms. The number of hydrogen-bond donors (Lipinski definition) is 0. The second-order valence-corrected chi connectivity index (χ2v) is 9.60. The van der Waals surface area contributed by atoms with Gasteiger partial charge in [-0.3, -0.25) is 14.2 Å². The quantitative estimate of drug-likeness (QED) is 0.557. The maximum Gasteiger partial charge on any atom is 0.259 e. The highest BCUT2D eigenvalue weighted by molar-refractivity contribution is 5.99. The zero-order chi connectivity index (χ0) is 23.9. The first-order valence-electron chi connectivity index (χ1n) is 12.5. The van der Waals surface area contributed by atoms with Crippen LogP contribution in [-0.4, -0.2) is 90.0 Å². The number of carbonyl (C=O) groups is 1. The molecule has 0 N–H and O–H groups in total. The van der Waals surface area contributed by atoms with Crippen LogP contribution in [0.15, 0.2) is 35.1 Å². The number of ether oxygens (including phenoxy) is 1. The summed E-state index contributed by atoms with van der Waals surface area (Å²) in [5.41, 5.74) is 3.42. The Labute approximate surface area is 203 Å². The smallest absolute Gasteiger partial charge is 0.259 e. The molecular weight excluding hydrogens is 444 g/mol. The van der Waals surface area contributed by atoms with Gasteiger partial charge in [0.15, 0.2) is 11.5 Å². The molecule has 9 nitrogen and oxygen atoms in total. The molecule has 0 aliphatic carbocycles. The maximum atomic E-state index is 14.0. The number of rotatable bonds is 2. The Kier molecular flexibility index (Phi) is 5.74. The molecule has 3 aliphatic heterocycles. The molecule has 0 spiro atoms. The molecule has 2 fully saturated rings. The highest BCUT2D eigenvalue weighted by Crippen LogP contribution is 2.30. The van der Waals surface area contributed by atoms with Crippen LogP contribution in [0.5, 0.6) is 0 Å². The van der Waals surface area contributed by atoms with Crippen molar-refractivity contribution in [2.24, 2.45) is 0 Å². The first-order valence-corrected chi connectivity index (χ1v) is 12.5. The number of aryl methyl sites for hydroxylation is 1. The number of likely N-dealkylation sites (N-methyl/N-ethyl adjacent to an activating group) is 1. The van der Waals surface area contributed by atoms with E-state index in [0.29, 0.717) is 49.6 Å². The molecule has 2 saturated heterocycles. The monoisotopic (exact) mass is 474 g/mol. The molecule has 0 bridgehead atoms. The first-order chi connectivity index (χ1) is 17.1. The summed E-state index contributed by atoms with van der Waals surface area (Å²) in [4.78, 5) is 34.0. The van der Waals surface area contributed by atoms with Crippen LogP contribution < -0.4 is 10.3 Å². The van der Waals surface area contributed by atoms with E-state index in [1.54, 1.807) is 4.90 Å². The number of piperazine rings is 1. The van der Waals surface area contributed by atoms with Crippen molar-refractivity contribution in [3.05, 3.63) is 57.4 Å². The maximum absolute atomic E-state index is 14.0. The lowest BCUT2D eigenvalue weighted by Crippen LogP contribution is -2.45. The van der Waals surface area contributed by atoms with Gasteiger partial charge in [-0.2, -0.15) is 0 Å². The molecule has 1 aromatic carbocycles. The van der Waals surface area contributed by atoms with Crippen molar-refractivity contribution in [2.45, 2.75) is 19.3 Å². The van der Waals surface area contributed by atoms with Crippen LogP contribution in [0.3, 0.4) is 0 Å². The SMILES string of the molecule is CN1CCN(c2cc3c(=O)c(C(=O)N4CCCOCC4)c4n(c3nn2)-c2ccccc2CC4)CC1. The minimum Gasteiger partial charge on any atom is -0.380 e. The summed E-state index contributed by atoms with van der Waals surface area (Å²) in [6.07, 6.45) is 2.15. The van der Waals surface area contributed by atoms with Gasteiger partial charge in [0.05, 0.1) is 17.7 Å². The topological polar surface area (TPSA) is 83.8 Å². The Morgan fingerprint density at radius 3 is 2.66 bits per heavy atom. The molecule has 3 aliphatic rings. The lowest BCUT2D eigenvalue weighted by molar-refractivity contribution is 0.0738. The summed E-state index contributed by atoms with van der Waals surface area (Å²) in [7, 11) is 2.10. The van der Waals surface area contributed by atoms with Crippen molar-refractivity contribution in [3.63, 3.8) is 0 Å². The standard InChI is InChI=1S/C26H30N6O3/c1-29-10-12-30(13-11-29)22-17-19-24(33)23(26(34)31-9-4-15-35-16-14-31)21-8-7-18-5-2-3-6-20(18)32(21)25(19)28-27-22/h2-3,5-6,17H,4,7-16H2,1H3. The fourth-order valence-corrected chi connectivity index (χ4v) is 5.42. The van der Waals surface area contributed by atoms with E-state index < -0.39 is 0 Å². The van der Waals surface area contributed by atoms with E-state index in [0.717, 1.165) is 50.4 Å². The number of aromatic nitrogens is 3. The van der Waals surface area contributed by atoms with Crippen molar-refractivity contribution in [2.75, 3.05) is 64.4 Å². The number of benzene rings is 1. The van der Waals surface area contributed by atoms with Crippen LogP contribution in [0.25, 0.3) is 16.7 Å². The zero-order valence-electron chi connectivity index (χ0n) is 20.1. The van der Waals surface area contributed by atoms with Crippen molar-refractivity contribution in [1.29, 1.82) is 0 Å². The molecule has 0 atom stereocenters. The van der Waals surface area contributed by atoms with Gasteiger partial charge in [0.1, 0.15) is 5.56 Å². The van der Waals surface area contributed by atoms with Gasteiger partial charge in [0.25, 0.3) is 5.91 Å². The molecule has 0 radical (unpaired) electrons. The third-order valence-corrected chi connectivity index (χ3v) is 7.42. The second kappa shape index (κ2) is 9.05. The van der Waals surface area contributed by atoms with Gasteiger partial charge < -0.3 is 19.4 Å². The van der Waals surface area contributed by atoms with Crippen LogP contribution in [0.1, 0.15) is 28.0 Å². The Morgan fingerprint density at radius 1 is 0.971 bits per heavy atom. The molecule has 0 unspecified atom stereocenters. The zero-order valence-corrected chi connectivity index (χ0v) is 20.1. The highest BCUT2D eigenvalue weighted by atomic mass is 16.5. The van der Waals surface area contributed by atoms with E-state index in [2.05, 4.69) is 33.1 Å². The van der Waals surface area contributed by atoms with E-state index in [-0.39, 0.29) is 16.9 Å². The van der Waals surface area contributed by atoms with Crippen molar-refractivity contribution >= 4 is 22.8 Å². The van der Waals surface area contributed by atoms with Gasteiger partial charge in [0.2, 0.25) is 5.43 Å². The van der Waals surface area contributed by atoms with Gasteiger partial charge in [-0.25, -0.2) is 0 Å². The normalized spacial score (nSPS) is 18.8. The van der Waals surface area contributed by atoms with E-state index >= 15 is 0 Å². The largest absolute Gasteiger partial charge is 0.380 e. The van der Waals surface area contributed by atoms with Crippen molar-refractivity contribution < 1.29 is 9.53 Å². The van der Waals surface area contributed by atoms with Gasteiger partial charge in [-0.15, -0.1) is 10.2 Å². The number of para-hydroxylation sites is 1. The van der Waals surface area contributed by atoms with E-state index in [1.165, 1.54) is 5.56 Å². The number of hydrogen-bond acceptors (Lipinski definition) is 7. The van der Waals surface area contributed by atoms with Gasteiger partial charge in [-0.05, 0) is 44.0 Å². The Morgan fingerprint density at radius 2 is 1.80 bits per heavy atom. The van der Waals surface area contributed by atoms with Crippen LogP contribution in [0.2, 0.25) is 0 Å². The van der Waals surface area contributed by atoms with E-state index in [4.69, 9.17) is 4.74 Å². The lowest BCUT2D eigenvalue weighted by Gasteiger charge is -2.33. The highest BCUT2D eigenvalue weighted by Gasteiger charge is 2.31. The average Bonchev–Trinajstić information content (AvgIpc) is 3.18. The molecule has 2 aromatic heterocycles. The summed E-state index contributed by atoms with van der Waals surface area (Å²) in [5.74, 6) is 0.484. The van der Waals surface area contributed by atoms with Crippen LogP contribution in [0.4, 0.5) is 5.82 Å². The number of fused-ring (bicyclic) bond motifs is 5. The molecular formula is C26H30N6O3. The van der Waals surface area contributed by atoms with Gasteiger partial charge >= 0.3 is 0 Å². The number of pyridine rings is 1.